The first kappa shape index (κ1) is 29.6. The fourth-order valence-electron chi connectivity index (χ4n) is 6.72. The van der Waals surface area contributed by atoms with Crippen LogP contribution in [-0.4, -0.2) is 61.3 Å². The van der Waals surface area contributed by atoms with Gasteiger partial charge in [0, 0.05) is 50.8 Å². The molecule has 1 aliphatic heterocycles. The van der Waals surface area contributed by atoms with Gasteiger partial charge in [0.1, 0.15) is 0 Å². The van der Waals surface area contributed by atoms with Gasteiger partial charge in [-0.2, -0.15) is 0 Å². The number of fused-ring (bicyclic) bond motifs is 1. The number of nitrogens with one attached hydrogen (secondary N) is 2. The molecule has 4 heteroatoms. The number of aryl methyl sites for hydroxylation is 1. The van der Waals surface area contributed by atoms with Crippen LogP contribution in [0.15, 0.2) is 24.3 Å². The van der Waals surface area contributed by atoms with Crippen molar-refractivity contribution < 1.29 is 0 Å². The summed E-state index contributed by atoms with van der Waals surface area (Å²) < 4.78 is 0. The first-order chi connectivity index (χ1) is 17.5. The van der Waals surface area contributed by atoms with Gasteiger partial charge in [0.25, 0.3) is 0 Å². The second-order valence-electron chi connectivity index (χ2n) is 12.2. The quantitative estimate of drug-likeness (QED) is 0.236. The van der Waals surface area contributed by atoms with E-state index >= 15 is 0 Å². The second-order valence-corrected chi connectivity index (χ2v) is 12.2. The molecule has 1 heterocycles. The van der Waals surface area contributed by atoms with Crippen LogP contribution >= 0.6 is 0 Å². The molecular weight excluding hydrogens is 440 g/mol. The molecular formula is C32H58N4. The first-order valence-electron chi connectivity index (χ1n) is 15.5. The molecule has 0 bridgehead atoms. The molecule has 0 saturated carbocycles. The molecule has 1 saturated heterocycles. The summed E-state index contributed by atoms with van der Waals surface area (Å²) in [5.74, 6) is 1.67. The molecule has 3 atom stereocenters. The van der Waals surface area contributed by atoms with Gasteiger partial charge < -0.3 is 10.6 Å². The Balaban J connectivity index is 1.56. The molecule has 0 radical (unpaired) electrons. The maximum Gasteiger partial charge on any atom is 0.0507 e. The highest BCUT2D eigenvalue weighted by Gasteiger charge is 2.35. The Morgan fingerprint density at radius 1 is 0.889 bits per heavy atom. The standard InChI is InChI=1S/C32H58N4/c1-6-10-14-27(8-3)22-35-24-32(5,25-36(26-35)23-28(9-4)15-11-7-2)34-21-20-33-31-19-18-29-16-12-13-17-30(29)31/h12-13,16-17,27-28,31,33-34H,6-11,14-15,18-26H2,1-5H3. The van der Waals surface area contributed by atoms with E-state index in [0.717, 1.165) is 31.6 Å². The molecule has 2 aliphatic rings. The number of hydrogen-bond acceptors (Lipinski definition) is 4. The molecule has 1 aliphatic carbocycles. The van der Waals surface area contributed by atoms with Crippen molar-refractivity contribution in [1.82, 2.24) is 20.4 Å². The zero-order chi connectivity index (χ0) is 25.8. The van der Waals surface area contributed by atoms with E-state index in [-0.39, 0.29) is 5.54 Å². The number of unbranched alkanes of at least 4 members (excludes halogenated alkanes) is 2. The highest BCUT2D eigenvalue weighted by molar-refractivity contribution is 5.34. The van der Waals surface area contributed by atoms with Crippen molar-refractivity contribution in [1.29, 1.82) is 0 Å². The Morgan fingerprint density at radius 3 is 2.08 bits per heavy atom. The van der Waals surface area contributed by atoms with E-state index in [4.69, 9.17) is 0 Å². The highest BCUT2D eigenvalue weighted by Crippen LogP contribution is 2.30. The van der Waals surface area contributed by atoms with Crippen LogP contribution in [0.2, 0.25) is 0 Å². The van der Waals surface area contributed by atoms with Crippen LogP contribution in [0.1, 0.15) is 110 Å². The van der Waals surface area contributed by atoms with Crippen LogP contribution in [0.25, 0.3) is 0 Å². The van der Waals surface area contributed by atoms with Gasteiger partial charge in [-0.25, -0.2) is 0 Å². The predicted molar refractivity (Wildman–Crippen MR) is 157 cm³/mol. The molecule has 2 N–H and O–H groups in total. The third-order valence-electron chi connectivity index (χ3n) is 8.86. The van der Waals surface area contributed by atoms with Crippen LogP contribution in [0.3, 0.4) is 0 Å². The summed E-state index contributed by atoms with van der Waals surface area (Å²) in [6.07, 6.45) is 13.2. The monoisotopic (exact) mass is 498 g/mol. The molecule has 206 valence electrons. The van der Waals surface area contributed by atoms with Crippen LogP contribution in [0.5, 0.6) is 0 Å². The summed E-state index contributed by atoms with van der Waals surface area (Å²) in [6, 6.07) is 9.52. The molecule has 1 fully saturated rings. The fraction of sp³-hybridized carbons (Fsp3) is 0.812. The lowest BCUT2D eigenvalue weighted by Gasteiger charge is -2.48. The average Bonchev–Trinajstić information content (AvgIpc) is 3.29. The number of benzene rings is 1. The Morgan fingerprint density at radius 2 is 1.50 bits per heavy atom. The van der Waals surface area contributed by atoms with Crippen LogP contribution in [-0.2, 0) is 6.42 Å². The van der Waals surface area contributed by atoms with E-state index in [1.807, 2.05) is 0 Å². The Kier molecular flexibility index (Phi) is 12.7. The van der Waals surface area contributed by atoms with Gasteiger partial charge in [-0.05, 0) is 55.6 Å². The van der Waals surface area contributed by atoms with Gasteiger partial charge in [0.15, 0.2) is 0 Å². The van der Waals surface area contributed by atoms with Crippen LogP contribution in [0.4, 0.5) is 0 Å². The van der Waals surface area contributed by atoms with E-state index in [1.54, 1.807) is 0 Å². The first-order valence-corrected chi connectivity index (χ1v) is 15.5. The lowest BCUT2D eigenvalue weighted by Crippen LogP contribution is -2.65. The lowest BCUT2D eigenvalue weighted by molar-refractivity contribution is 0.00514. The molecule has 1 aromatic carbocycles. The molecule has 0 aromatic heterocycles. The predicted octanol–water partition coefficient (Wildman–Crippen LogP) is 6.62. The van der Waals surface area contributed by atoms with Gasteiger partial charge >= 0.3 is 0 Å². The van der Waals surface area contributed by atoms with E-state index < -0.39 is 0 Å². The normalized spacial score (nSPS) is 24.6. The molecule has 3 rings (SSSR count). The molecule has 4 nitrogen and oxygen atoms in total. The Bertz CT molecular complexity index is 709. The number of rotatable bonds is 17. The maximum absolute atomic E-state index is 4.03. The SMILES string of the molecule is CCCCC(CC)CN1CN(CC(CC)CCCC)CC(C)(NCCNC2CCc3ccccc32)C1. The summed E-state index contributed by atoms with van der Waals surface area (Å²) >= 11 is 0. The van der Waals surface area contributed by atoms with Crippen molar-refractivity contribution in [2.45, 2.75) is 110 Å². The topological polar surface area (TPSA) is 30.5 Å². The molecule has 1 aromatic rings. The summed E-state index contributed by atoms with van der Waals surface area (Å²) in [5.41, 5.74) is 3.21. The molecule has 0 amide bonds. The Hall–Kier alpha value is -0.940. The summed E-state index contributed by atoms with van der Waals surface area (Å²) in [5, 5.41) is 7.89. The second kappa shape index (κ2) is 15.5. The van der Waals surface area contributed by atoms with E-state index in [0.29, 0.717) is 6.04 Å². The molecule has 3 unspecified atom stereocenters. The smallest absolute Gasteiger partial charge is 0.0507 e. The van der Waals surface area contributed by atoms with Crippen molar-refractivity contribution in [3.8, 4) is 0 Å². The molecule has 36 heavy (non-hydrogen) atoms. The van der Waals surface area contributed by atoms with Gasteiger partial charge in [-0.3, -0.25) is 9.80 Å². The Labute approximate surface area is 224 Å². The minimum Gasteiger partial charge on any atom is -0.309 e. The van der Waals surface area contributed by atoms with Crippen molar-refractivity contribution >= 4 is 0 Å². The average molecular weight is 499 g/mol. The zero-order valence-electron chi connectivity index (χ0n) is 24.5. The maximum atomic E-state index is 4.03. The summed E-state index contributed by atoms with van der Waals surface area (Å²) in [7, 11) is 0. The highest BCUT2D eigenvalue weighted by atomic mass is 15.4. The van der Waals surface area contributed by atoms with Crippen molar-refractivity contribution in [2.75, 3.05) is 45.9 Å². The number of nitrogens with zero attached hydrogens (tertiary/aromatic N) is 2. The summed E-state index contributed by atoms with van der Waals surface area (Å²) in [6.45, 7) is 20.0. The fourth-order valence-corrected chi connectivity index (χ4v) is 6.72. The van der Waals surface area contributed by atoms with Crippen molar-refractivity contribution in [2.24, 2.45) is 11.8 Å². The zero-order valence-corrected chi connectivity index (χ0v) is 24.5. The minimum absolute atomic E-state index is 0.152. The van der Waals surface area contributed by atoms with Crippen LogP contribution < -0.4 is 10.6 Å². The van der Waals surface area contributed by atoms with Crippen molar-refractivity contribution in [3.05, 3.63) is 35.4 Å². The van der Waals surface area contributed by atoms with Gasteiger partial charge in [-0.1, -0.05) is 90.5 Å². The lowest BCUT2D eigenvalue weighted by atomic mass is 9.93. The van der Waals surface area contributed by atoms with Gasteiger partial charge in [0.05, 0.1) is 6.67 Å². The third-order valence-corrected chi connectivity index (χ3v) is 8.86. The minimum atomic E-state index is 0.152. The third kappa shape index (κ3) is 9.11. The van der Waals surface area contributed by atoms with Crippen molar-refractivity contribution in [3.63, 3.8) is 0 Å². The van der Waals surface area contributed by atoms with E-state index in [9.17, 15) is 0 Å². The van der Waals surface area contributed by atoms with E-state index in [2.05, 4.69) is 79.3 Å². The summed E-state index contributed by atoms with van der Waals surface area (Å²) in [4.78, 5) is 5.57. The van der Waals surface area contributed by atoms with E-state index in [1.165, 1.54) is 102 Å². The molecule has 0 spiro atoms. The van der Waals surface area contributed by atoms with Gasteiger partial charge in [-0.15, -0.1) is 0 Å². The largest absolute Gasteiger partial charge is 0.309 e. The van der Waals surface area contributed by atoms with Crippen LogP contribution in [0, 0.1) is 11.8 Å². The number of hydrogen-bond donors (Lipinski definition) is 2. The van der Waals surface area contributed by atoms with Gasteiger partial charge in [0.2, 0.25) is 0 Å².